The Balaban J connectivity index is 3.10. The van der Waals surface area contributed by atoms with Crippen molar-refractivity contribution in [2.24, 2.45) is 5.73 Å². The first-order chi connectivity index (χ1) is 7.06. The number of halogens is 1. The van der Waals surface area contributed by atoms with Gasteiger partial charge in [0.2, 0.25) is 0 Å². The predicted molar refractivity (Wildman–Crippen MR) is 68.1 cm³/mol. The van der Waals surface area contributed by atoms with Crippen molar-refractivity contribution in [2.75, 3.05) is 25.0 Å². The molecule has 0 atom stereocenters. The van der Waals surface area contributed by atoms with Crippen molar-refractivity contribution < 1.29 is 4.92 Å². The minimum absolute atomic E-state index is 0.123. The summed E-state index contributed by atoms with van der Waals surface area (Å²) in [6.07, 6.45) is 0. The number of nitro groups is 1. The summed E-state index contributed by atoms with van der Waals surface area (Å²) in [5, 5.41) is 10.8. The molecule has 0 heterocycles. The van der Waals surface area contributed by atoms with Crippen molar-refractivity contribution in [3.05, 3.63) is 31.9 Å². The highest BCUT2D eigenvalue weighted by molar-refractivity contribution is 14.1. The third-order valence-electron chi connectivity index (χ3n) is 2.01. The standard InChI is InChI=1S/C9H12IN3O2/c1-12(5-4-11)8-3-2-7(10)6-9(8)13(14)15/h2-3,6H,4-5,11H2,1H3. The number of benzene rings is 1. The highest BCUT2D eigenvalue weighted by Gasteiger charge is 2.16. The fraction of sp³-hybridized carbons (Fsp3) is 0.333. The van der Waals surface area contributed by atoms with Gasteiger partial charge >= 0.3 is 0 Å². The molecule has 0 aliphatic carbocycles. The van der Waals surface area contributed by atoms with Crippen LogP contribution in [0.1, 0.15) is 0 Å². The van der Waals surface area contributed by atoms with Crippen molar-refractivity contribution in [3.63, 3.8) is 0 Å². The molecular formula is C9H12IN3O2. The first-order valence-corrected chi connectivity index (χ1v) is 5.49. The molecule has 0 fully saturated rings. The van der Waals surface area contributed by atoms with Crippen LogP contribution in [0.15, 0.2) is 18.2 Å². The van der Waals surface area contributed by atoms with Crippen LogP contribution in [0.3, 0.4) is 0 Å². The Hall–Kier alpha value is -0.890. The van der Waals surface area contributed by atoms with Gasteiger partial charge in [-0.1, -0.05) is 0 Å². The summed E-state index contributed by atoms with van der Waals surface area (Å²) in [5.41, 5.74) is 6.14. The van der Waals surface area contributed by atoms with E-state index in [0.29, 0.717) is 18.8 Å². The van der Waals surface area contributed by atoms with Crippen LogP contribution in [0.5, 0.6) is 0 Å². The zero-order chi connectivity index (χ0) is 11.4. The molecule has 0 saturated heterocycles. The lowest BCUT2D eigenvalue weighted by atomic mass is 10.2. The molecule has 15 heavy (non-hydrogen) atoms. The Morgan fingerprint density at radius 1 is 1.60 bits per heavy atom. The van der Waals surface area contributed by atoms with E-state index < -0.39 is 0 Å². The monoisotopic (exact) mass is 321 g/mol. The molecule has 0 amide bonds. The predicted octanol–water partition coefficient (Wildman–Crippen LogP) is 1.59. The summed E-state index contributed by atoms with van der Waals surface area (Å²) < 4.78 is 0.851. The van der Waals surface area contributed by atoms with Crippen LogP contribution < -0.4 is 10.6 Å². The molecule has 6 heteroatoms. The molecule has 0 aromatic heterocycles. The molecular weight excluding hydrogens is 309 g/mol. The third kappa shape index (κ3) is 3.03. The maximum Gasteiger partial charge on any atom is 0.293 e. The number of likely N-dealkylation sites (N-methyl/N-ethyl adjacent to an activating group) is 1. The van der Waals surface area contributed by atoms with Gasteiger partial charge < -0.3 is 10.6 Å². The van der Waals surface area contributed by atoms with Crippen molar-refractivity contribution in [3.8, 4) is 0 Å². The maximum absolute atomic E-state index is 10.8. The first-order valence-electron chi connectivity index (χ1n) is 4.41. The molecule has 1 aromatic carbocycles. The Bertz CT molecular complexity index is 370. The van der Waals surface area contributed by atoms with E-state index in [-0.39, 0.29) is 10.6 Å². The Morgan fingerprint density at radius 2 is 2.27 bits per heavy atom. The molecule has 2 N–H and O–H groups in total. The second-order valence-corrected chi connectivity index (χ2v) is 4.35. The topological polar surface area (TPSA) is 72.4 Å². The van der Waals surface area contributed by atoms with E-state index in [2.05, 4.69) is 22.6 Å². The van der Waals surface area contributed by atoms with Gasteiger partial charge in [-0.3, -0.25) is 10.1 Å². The SMILES string of the molecule is CN(CCN)c1ccc(I)cc1[N+](=O)[O-]. The van der Waals surface area contributed by atoms with Crippen molar-refractivity contribution in [2.45, 2.75) is 0 Å². The maximum atomic E-state index is 10.8. The van der Waals surface area contributed by atoms with Gasteiger partial charge in [0.25, 0.3) is 5.69 Å². The molecule has 0 spiro atoms. The first kappa shape index (κ1) is 12.2. The number of hydrogen-bond donors (Lipinski definition) is 1. The smallest absolute Gasteiger partial charge is 0.293 e. The van der Waals surface area contributed by atoms with Gasteiger partial charge in [0.15, 0.2) is 0 Å². The van der Waals surface area contributed by atoms with Crippen molar-refractivity contribution in [1.29, 1.82) is 0 Å². The molecule has 0 bridgehead atoms. The summed E-state index contributed by atoms with van der Waals surface area (Å²) >= 11 is 2.05. The summed E-state index contributed by atoms with van der Waals surface area (Å²) in [6.45, 7) is 1.07. The van der Waals surface area contributed by atoms with E-state index in [1.54, 1.807) is 24.1 Å². The minimum Gasteiger partial charge on any atom is -0.368 e. The van der Waals surface area contributed by atoms with Gasteiger partial charge in [-0.05, 0) is 34.7 Å². The number of nitrogens with zero attached hydrogens (tertiary/aromatic N) is 2. The van der Waals surface area contributed by atoms with Gasteiger partial charge in [-0.25, -0.2) is 0 Å². The molecule has 82 valence electrons. The number of nitro benzene ring substituents is 1. The normalized spacial score (nSPS) is 10.1. The van der Waals surface area contributed by atoms with Gasteiger partial charge in [0, 0.05) is 29.8 Å². The average Bonchev–Trinajstić information content (AvgIpc) is 2.17. The number of rotatable bonds is 4. The zero-order valence-corrected chi connectivity index (χ0v) is 10.5. The van der Waals surface area contributed by atoms with E-state index in [0.717, 1.165) is 3.57 Å². The molecule has 0 aliphatic rings. The van der Waals surface area contributed by atoms with Crippen LogP contribution >= 0.6 is 22.6 Å². The fourth-order valence-electron chi connectivity index (χ4n) is 1.28. The zero-order valence-electron chi connectivity index (χ0n) is 8.31. The van der Waals surface area contributed by atoms with E-state index in [1.165, 1.54) is 0 Å². The van der Waals surface area contributed by atoms with Gasteiger partial charge in [0.05, 0.1) is 4.92 Å². The van der Waals surface area contributed by atoms with Crippen molar-refractivity contribution >= 4 is 34.0 Å². The molecule has 0 saturated carbocycles. The van der Waals surface area contributed by atoms with E-state index in [4.69, 9.17) is 5.73 Å². The quantitative estimate of drug-likeness (QED) is 0.519. The second-order valence-electron chi connectivity index (χ2n) is 3.10. The van der Waals surface area contributed by atoms with Crippen molar-refractivity contribution in [1.82, 2.24) is 0 Å². The van der Waals surface area contributed by atoms with Gasteiger partial charge in [-0.2, -0.15) is 0 Å². The van der Waals surface area contributed by atoms with Gasteiger partial charge in [-0.15, -0.1) is 0 Å². The average molecular weight is 321 g/mol. The lowest BCUT2D eigenvalue weighted by Gasteiger charge is -2.17. The number of nitrogens with two attached hydrogens (primary N) is 1. The van der Waals surface area contributed by atoms with Crippen LogP contribution in [-0.4, -0.2) is 25.1 Å². The fourth-order valence-corrected chi connectivity index (χ4v) is 1.75. The van der Waals surface area contributed by atoms with Crippen LogP contribution in [-0.2, 0) is 0 Å². The molecule has 1 rings (SSSR count). The third-order valence-corrected chi connectivity index (χ3v) is 2.68. The second kappa shape index (κ2) is 5.26. The summed E-state index contributed by atoms with van der Waals surface area (Å²) in [4.78, 5) is 12.2. The lowest BCUT2D eigenvalue weighted by molar-refractivity contribution is -0.384. The molecule has 0 radical (unpaired) electrons. The minimum atomic E-state index is -0.371. The van der Waals surface area contributed by atoms with Crippen LogP contribution in [0.4, 0.5) is 11.4 Å². The molecule has 5 nitrogen and oxygen atoms in total. The Kier molecular flexibility index (Phi) is 4.28. The summed E-state index contributed by atoms with van der Waals surface area (Å²) in [7, 11) is 1.79. The molecule has 0 unspecified atom stereocenters. The van der Waals surface area contributed by atoms with Crippen LogP contribution in [0.25, 0.3) is 0 Å². The number of hydrogen-bond acceptors (Lipinski definition) is 4. The molecule has 1 aromatic rings. The highest BCUT2D eigenvalue weighted by Crippen LogP contribution is 2.28. The Morgan fingerprint density at radius 3 is 2.80 bits per heavy atom. The molecule has 0 aliphatic heterocycles. The van der Waals surface area contributed by atoms with E-state index in [1.807, 2.05) is 6.07 Å². The largest absolute Gasteiger partial charge is 0.368 e. The van der Waals surface area contributed by atoms with E-state index >= 15 is 0 Å². The summed E-state index contributed by atoms with van der Waals surface area (Å²) in [5.74, 6) is 0. The highest BCUT2D eigenvalue weighted by atomic mass is 127. The van der Waals surface area contributed by atoms with Gasteiger partial charge in [0.1, 0.15) is 5.69 Å². The Labute approximate surface area is 102 Å². The van der Waals surface area contributed by atoms with Crippen LogP contribution in [0, 0.1) is 13.7 Å². The summed E-state index contributed by atoms with van der Waals surface area (Å²) in [6, 6.07) is 5.15. The number of anilines is 1. The lowest BCUT2D eigenvalue weighted by Crippen LogP contribution is -2.25. The van der Waals surface area contributed by atoms with Crippen LogP contribution in [0.2, 0.25) is 0 Å². The van der Waals surface area contributed by atoms with E-state index in [9.17, 15) is 10.1 Å².